The number of hydrogen-bond donors (Lipinski definition) is 0. The van der Waals surface area contributed by atoms with Crippen LogP contribution in [0.25, 0.3) is 10.1 Å². The van der Waals surface area contributed by atoms with Gasteiger partial charge in [-0.25, -0.2) is 0 Å². The normalized spacial score (nSPS) is 10.2. The van der Waals surface area contributed by atoms with E-state index in [0.29, 0.717) is 6.42 Å². The highest BCUT2D eigenvalue weighted by Gasteiger charge is 2.04. The van der Waals surface area contributed by atoms with Crippen LogP contribution in [0.4, 0.5) is 0 Å². The zero-order chi connectivity index (χ0) is 9.26. The van der Waals surface area contributed by atoms with E-state index >= 15 is 0 Å². The molecule has 1 aromatic heterocycles. The Morgan fingerprint density at radius 3 is 3.15 bits per heavy atom. The fourth-order valence-electron chi connectivity index (χ4n) is 1.30. The molecule has 3 heteroatoms. The average Bonchev–Trinajstić information content (AvgIpc) is 2.49. The van der Waals surface area contributed by atoms with Gasteiger partial charge in [-0.15, -0.1) is 0 Å². The van der Waals surface area contributed by atoms with Crippen LogP contribution in [0.3, 0.4) is 0 Å². The van der Waals surface area contributed by atoms with Gasteiger partial charge in [-0.05, 0) is 30.6 Å². The van der Waals surface area contributed by atoms with E-state index in [1.165, 1.54) is 17.1 Å². The van der Waals surface area contributed by atoms with Crippen molar-refractivity contribution in [1.29, 1.82) is 5.26 Å². The fourth-order valence-corrected chi connectivity index (χ4v) is 2.08. The molecule has 0 unspecified atom stereocenters. The summed E-state index contributed by atoms with van der Waals surface area (Å²) in [4.78, 5) is 0. The Balaban J connectivity index is 2.66. The van der Waals surface area contributed by atoms with Gasteiger partial charge in [0.1, 0.15) is 0 Å². The minimum atomic E-state index is 0.406. The number of aromatic nitrogens is 1. The van der Waals surface area contributed by atoms with Crippen molar-refractivity contribution in [3.63, 3.8) is 0 Å². The highest BCUT2D eigenvalue weighted by atomic mass is 32.1. The minimum absolute atomic E-state index is 0.406. The highest BCUT2D eigenvalue weighted by Crippen LogP contribution is 2.23. The van der Waals surface area contributed by atoms with Crippen molar-refractivity contribution < 1.29 is 0 Å². The maximum atomic E-state index is 8.58. The van der Waals surface area contributed by atoms with Gasteiger partial charge in [0.2, 0.25) is 0 Å². The zero-order valence-electron chi connectivity index (χ0n) is 7.24. The summed E-state index contributed by atoms with van der Waals surface area (Å²) in [5, 5.41) is 9.71. The number of aryl methyl sites for hydroxylation is 1. The summed E-state index contributed by atoms with van der Waals surface area (Å²) in [6.07, 6.45) is 0.406. The molecule has 0 saturated carbocycles. The molecule has 0 aliphatic carbocycles. The maximum absolute atomic E-state index is 8.58. The van der Waals surface area contributed by atoms with Gasteiger partial charge in [0.15, 0.2) is 0 Å². The second-order valence-corrected chi connectivity index (χ2v) is 3.77. The number of hydrogen-bond acceptors (Lipinski definition) is 3. The standard InChI is InChI=1S/C10H8N2S/c1-7-2-3-10-8(6-7)9(4-5-11)12-13-10/h2-3,6H,4H2,1H3. The fraction of sp³-hybridized carbons (Fsp3) is 0.200. The number of nitrogens with zero attached hydrogens (tertiary/aromatic N) is 2. The van der Waals surface area contributed by atoms with Gasteiger partial charge in [-0.2, -0.15) is 9.64 Å². The molecule has 0 N–H and O–H groups in total. The van der Waals surface area contributed by atoms with Crippen LogP contribution < -0.4 is 0 Å². The van der Waals surface area contributed by atoms with Crippen molar-refractivity contribution in [2.24, 2.45) is 0 Å². The maximum Gasteiger partial charge on any atom is 0.0791 e. The number of nitriles is 1. The Bertz CT molecular complexity index is 479. The minimum Gasteiger partial charge on any atom is -0.198 e. The molecule has 2 rings (SSSR count). The van der Waals surface area contributed by atoms with E-state index in [-0.39, 0.29) is 0 Å². The number of benzene rings is 1. The van der Waals surface area contributed by atoms with E-state index < -0.39 is 0 Å². The first-order valence-electron chi connectivity index (χ1n) is 4.03. The van der Waals surface area contributed by atoms with Crippen molar-refractivity contribution in [1.82, 2.24) is 4.37 Å². The van der Waals surface area contributed by atoms with Crippen LogP contribution >= 0.6 is 11.5 Å². The van der Waals surface area contributed by atoms with Crippen LogP contribution in [0.5, 0.6) is 0 Å². The first kappa shape index (κ1) is 8.21. The largest absolute Gasteiger partial charge is 0.198 e. The molecule has 13 heavy (non-hydrogen) atoms. The molecular formula is C10H8N2S. The van der Waals surface area contributed by atoms with Crippen LogP contribution in [-0.4, -0.2) is 4.37 Å². The molecule has 0 aliphatic heterocycles. The van der Waals surface area contributed by atoms with E-state index in [0.717, 1.165) is 15.8 Å². The molecule has 1 heterocycles. The summed E-state index contributed by atoms with van der Waals surface area (Å²) in [6.45, 7) is 2.05. The van der Waals surface area contributed by atoms with Crippen LogP contribution in [0.2, 0.25) is 0 Å². The third-order valence-electron chi connectivity index (χ3n) is 1.95. The first-order chi connectivity index (χ1) is 6.31. The first-order valence-corrected chi connectivity index (χ1v) is 4.80. The smallest absolute Gasteiger partial charge is 0.0791 e. The zero-order valence-corrected chi connectivity index (χ0v) is 8.06. The molecule has 0 saturated heterocycles. The van der Waals surface area contributed by atoms with Crippen LogP contribution in [0.15, 0.2) is 18.2 Å². The monoisotopic (exact) mass is 188 g/mol. The van der Waals surface area contributed by atoms with E-state index in [1.807, 2.05) is 6.92 Å². The summed E-state index contributed by atoms with van der Waals surface area (Å²) in [6, 6.07) is 8.34. The molecule has 1 aromatic carbocycles. The van der Waals surface area contributed by atoms with Gasteiger partial charge in [0.05, 0.1) is 22.9 Å². The molecule has 64 valence electrons. The summed E-state index contributed by atoms with van der Waals surface area (Å²) in [5.74, 6) is 0. The Labute approximate surface area is 80.6 Å². The van der Waals surface area contributed by atoms with Gasteiger partial charge in [0, 0.05) is 5.39 Å². The quantitative estimate of drug-likeness (QED) is 0.689. The van der Waals surface area contributed by atoms with Crippen LogP contribution in [0.1, 0.15) is 11.3 Å². The molecule has 0 aliphatic rings. The van der Waals surface area contributed by atoms with Gasteiger partial charge < -0.3 is 0 Å². The van der Waals surface area contributed by atoms with Gasteiger partial charge in [0.25, 0.3) is 0 Å². The van der Waals surface area contributed by atoms with Gasteiger partial charge >= 0.3 is 0 Å². The Hall–Kier alpha value is -1.40. The van der Waals surface area contributed by atoms with Gasteiger partial charge in [-0.3, -0.25) is 0 Å². The molecule has 0 radical (unpaired) electrons. The second kappa shape index (κ2) is 3.15. The Morgan fingerprint density at radius 1 is 1.54 bits per heavy atom. The summed E-state index contributed by atoms with van der Waals surface area (Å²) in [7, 11) is 0. The van der Waals surface area contributed by atoms with E-state index in [2.05, 4.69) is 28.6 Å². The lowest BCUT2D eigenvalue weighted by Crippen LogP contribution is -1.81. The van der Waals surface area contributed by atoms with Crippen LogP contribution in [0, 0.1) is 18.3 Å². The highest BCUT2D eigenvalue weighted by molar-refractivity contribution is 7.13. The average molecular weight is 188 g/mol. The third kappa shape index (κ3) is 1.41. The molecule has 0 atom stereocenters. The van der Waals surface area contributed by atoms with Crippen molar-refractivity contribution in [2.45, 2.75) is 13.3 Å². The third-order valence-corrected chi connectivity index (χ3v) is 2.81. The van der Waals surface area contributed by atoms with Crippen molar-refractivity contribution >= 4 is 21.6 Å². The topological polar surface area (TPSA) is 36.7 Å². The SMILES string of the molecule is Cc1ccc2snc(CC#N)c2c1. The molecule has 0 spiro atoms. The molecule has 0 bridgehead atoms. The summed E-state index contributed by atoms with van der Waals surface area (Å²) in [5.41, 5.74) is 2.12. The lowest BCUT2D eigenvalue weighted by Gasteiger charge is -1.92. The van der Waals surface area contributed by atoms with E-state index in [4.69, 9.17) is 5.26 Å². The molecule has 2 nitrogen and oxygen atoms in total. The van der Waals surface area contributed by atoms with Gasteiger partial charge in [-0.1, -0.05) is 11.6 Å². The van der Waals surface area contributed by atoms with Crippen molar-refractivity contribution in [2.75, 3.05) is 0 Å². The molecule has 2 aromatic rings. The molecule has 0 amide bonds. The molecule has 0 fully saturated rings. The molecular weight excluding hydrogens is 180 g/mol. The second-order valence-electron chi connectivity index (χ2n) is 2.96. The van der Waals surface area contributed by atoms with E-state index in [9.17, 15) is 0 Å². The van der Waals surface area contributed by atoms with Crippen molar-refractivity contribution in [3.05, 3.63) is 29.5 Å². The lowest BCUT2D eigenvalue weighted by molar-refractivity contribution is 1.21. The predicted molar refractivity (Wildman–Crippen MR) is 53.7 cm³/mol. The predicted octanol–water partition coefficient (Wildman–Crippen LogP) is 2.67. The van der Waals surface area contributed by atoms with E-state index in [1.54, 1.807) is 0 Å². The Morgan fingerprint density at radius 2 is 2.38 bits per heavy atom. The number of fused-ring (bicyclic) bond motifs is 1. The Kier molecular flexibility index (Phi) is 1.99. The lowest BCUT2D eigenvalue weighted by atomic mass is 10.1. The summed E-state index contributed by atoms with van der Waals surface area (Å²) < 4.78 is 5.41. The van der Waals surface area contributed by atoms with Crippen molar-refractivity contribution in [3.8, 4) is 6.07 Å². The summed E-state index contributed by atoms with van der Waals surface area (Å²) >= 11 is 1.46. The van der Waals surface area contributed by atoms with Crippen LogP contribution in [-0.2, 0) is 6.42 Å². The number of rotatable bonds is 1.